The zero-order valence-corrected chi connectivity index (χ0v) is 17.0. The number of carbonyl (C=O) groups excluding carboxylic acids is 1. The van der Waals surface area contributed by atoms with Gasteiger partial charge >= 0.3 is 0 Å². The second-order valence-electron chi connectivity index (χ2n) is 6.17. The maximum atomic E-state index is 13.7. The van der Waals surface area contributed by atoms with Gasteiger partial charge in [0.15, 0.2) is 17.4 Å². The van der Waals surface area contributed by atoms with Crippen molar-refractivity contribution in [3.8, 4) is 5.75 Å². The first-order valence-electron chi connectivity index (χ1n) is 9.11. The minimum absolute atomic E-state index is 0.0432. The number of carbonyl (C=O) groups is 1. The number of nitrogen functional groups attached to an aromatic ring is 1. The van der Waals surface area contributed by atoms with Gasteiger partial charge in [-0.3, -0.25) is 4.79 Å². The molecule has 2 N–H and O–H groups in total. The molecular formula is C20H22FN5O2S. The standard InChI is InChI=1S/C20H22FN5O2S/c1-3-25(15-9-5-4-6-10-15)19(27)14(2)29-20-24-23-18(26(20)22)13-28-17-12-8-7-11-16(17)21/h4-12,14H,3,13,22H2,1-2H3. The number of nitrogens with two attached hydrogens (primary N) is 1. The van der Waals surface area contributed by atoms with Crippen molar-refractivity contribution in [1.82, 2.24) is 14.9 Å². The van der Waals surface area contributed by atoms with E-state index in [-0.39, 0.29) is 18.3 Å². The quantitative estimate of drug-likeness (QED) is 0.449. The number of nitrogens with zero attached hydrogens (tertiary/aromatic N) is 4. The molecule has 152 valence electrons. The maximum Gasteiger partial charge on any atom is 0.240 e. The molecule has 1 atom stereocenters. The number of para-hydroxylation sites is 2. The van der Waals surface area contributed by atoms with Crippen LogP contribution in [-0.4, -0.2) is 32.6 Å². The van der Waals surface area contributed by atoms with Crippen LogP contribution in [0.4, 0.5) is 10.1 Å². The van der Waals surface area contributed by atoms with Crippen LogP contribution >= 0.6 is 11.8 Å². The fourth-order valence-corrected chi connectivity index (χ4v) is 3.54. The molecule has 7 nitrogen and oxygen atoms in total. The predicted molar refractivity (Wildman–Crippen MR) is 111 cm³/mol. The van der Waals surface area contributed by atoms with Crippen LogP contribution in [0.5, 0.6) is 5.75 Å². The zero-order chi connectivity index (χ0) is 20.8. The summed E-state index contributed by atoms with van der Waals surface area (Å²) < 4.78 is 20.3. The van der Waals surface area contributed by atoms with E-state index in [4.69, 9.17) is 10.6 Å². The van der Waals surface area contributed by atoms with Crippen LogP contribution in [-0.2, 0) is 11.4 Å². The van der Waals surface area contributed by atoms with Gasteiger partial charge in [-0.15, -0.1) is 10.2 Å². The lowest BCUT2D eigenvalue weighted by Gasteiger charge is -2.24. The second kappa shape index (κ2) is 9.42. The first-order valence-corrected chi connectivity index (χ1v) is 9.99. The lowest BCUT2D eigenvalue weighted by atomic mass is 10.2. The number of benzene rings is 2. The molecule has 1 amide bonds. The Hall–Kier alpha value is -3.07. The molecule has 0 spiro atoms. The summed E-state index contributed by atoms with van der Waals surface area (Å²) in [4.78, 5) is 14.6. The first kappa shape index (κ1) is 20.7. The van der Waals surface area contributed by atoms with Gasteiger partial charge in [-0.1, -0.05) is 42.1 Å². The third kappa shape index (κ3) is 4.86. The van der Waals surface area contributed by atoms with Crippen LogP contribution in [0.2, 0.25) is 0 Å². The highest BCUT2D eigenvalue weighted by atomic mass is 32.2. The van der Waals surface area contributed by atoms with Gasteiger partial charge in [0.05, 0.1) is 5.25 Å². The Morgan fingerprint density at radius 1 is 1.21 bits per heavy atom. The number of amides is 1. The van der Waals surface area contributed by atoms with E-state index in [1.54, 1.807) is 24.0 Å². The lowest BCUT2D eigenvalue weighted by Crippen LogP contribution is -2.36. The monoisotopic (exact) mass is 415 g/mol. The molecule has 0 aliphatic carbocycles. The number of aromatic nitrogens is 3. The van der Waals surface area contributed by atoms with Gasteiger partial charge in [-0.05, 0) is 38.1 Å². The molecule has 3 aromatic rings. The molecule has 1 unspecified atom stereocenters. The highest BCUT2D eigenvalue weighted by molar-refractivity contribution is 8.00. The Labute approximate surface area is 172 Å². The van der Waals surface area contributed by atoms with Crippen LogP contribution < -0.4 is 15.5 Å². The summed E-state index contributed by atoms with van der Waals surface area (Å²) in [6, 6.07) is 15.5. The molecule has 0 saturated heterocycles. The van der Waals surface area contributed by atoms with Crippen molar-refractivity contribution in [3.05, 3.63) is 66.2 Å². The van der Waals surface area contributed by atoms with Gasteiger partial charge in [0.25, 0.3) is 0 Å². The van der Waals surface area contributed by atoms with E-state index < -0.39 is 11.1 Å². The molecule has 1 aromatic heterocycles. The molecule has 0 radical (unpaired) electrons. The smallest absolute Gasteiger partial charge is 0.240 e. The average molecular weight is 415 g/mol. The maximum absolute atomic E-state index is 13.7. The van der Waals surface area contributed by atoms with Crippen molar-refractivity contribution < 1.29 is 13.9 Å². The minimum atomic E-state index is -0.468. The van der Waals surface area contributed by atoms with Crippen LogP contribution in [0.3, 0.4) is 0 Å². The van der Waals surface area contributed by atoms with E-state index in [1.165, 1.54) is 28.6 Å². The normalized spacial score (nSPS) is 11.8. The molecule has 0 saturated carbocycles. The molecule has 0 aliphatic heterocycles. The molecule has 1 heterocycles. The van der Waals surface area contributed by atoms with Crippen molar-refractivity contribution in [2.75, 3.05) is 17.3 Å². The number of ether oxygens (including phenoxy) is 1. The highest BCUT2D eigenvalue weighted by Crippen LogP contribution is 2.25. The van der Waals surface area contributed by atoms with Gasteiger partial charge < -0.3 is 15.5 Å². The summed E-state index contributed by atoms with van der Waals surface area (Å²) >= 11 is 1.21. The summed E-state index contributed by atoms with van der Waals surface area (Å²) in [6.45, 7) is 4.22. The van der Waals surface area contributed by atoms with Crippen molar-refractivity contribution in [2.45, 2.75) is 30.9 Å². The van der Waals surface area contributed by atoms with E-state index in [2.05, 4.69) is 10.2 Å². The SMILES string of the molecule is CCN(C(=O)C(C)Sc1nnc(COc2ccccc2F)n1N)c1ccccc1. The summed E-state index contributed by atoms with van der Waals surface area (Å²) in [6.07, 6.45) is 0. The van der Waals surface area contributed by atoms with E-state index in [1.807, 2.05) is 37.3 Å². The Balaban J connectivity index is 1.65. The molecule has 9 heteroatoms. The lowest BCUT2D eigenvalue weighted by molar-refractivity contribution is -0.117. The predicted octanol–water partition coefficient (Wildman–Crippen LogP) is 3.24. The third-order valence-electron chi connectivity index (χ3n) is 4.21. The molecule has 29 heavy (non-hydrogen) atoms. The summed E-state index contributed by atoms with van der Waals surface area (Å²) in [5.74, 6) is 5.95. The molecule has 0 aliphatic rings. The summed E-state index contributed by atoms with van der Waals surface area (Å²) in [7, 11) is 0. The fourth-order valence-electron chi connectivity index (χ4n) is 2.69. The Morgan fingerprint density at radius 2 is 1.90 bits per heavy atom. The van der Waals surface area contributed by atoms with Crippen LogP contribution in [0.25, 0.3) is 0 Å². The summed E-state index contributed by atoms with van der Waals surface area (Å²) in [5, 5.41) is 7.98. The largest absolute Gasteiger partial charge is 0.482 e. The minimum Gasteiger partial charge on any atom is -0.482 e. The Morgan fingerprint density at radius 3 is 2.59 bits per heavy atom. The first-order chi connectivity index (χ1) is 14.0. The zero-order valence-electron chi connectivity index (χ0n) is 16.2. The summed E-state index contributed by atoms with van der Waals surface area (Å²) in [5.41, 5.74) is 0.834. The van der Waals surface area contributed by atoms with Crippen LogP contribution in [0.1, 0.15) is 19.7 Å². The van der Waals surface area contributed by atoms with Crippen molar-refractivity contribution in [1.29, 1.82) is 0 Å². The highest BCUT2D eigenvalue weighted by Gasteiger charge is 2.24. The molecule has 0 fully saturated rings. The number of hydrogen-bond donors (Lipinski definition) is 1. The van der Waals surface area contributed by atoms with E-state index in [0.717, 1.165) is 5.69 Å². The number of rotatable bonds is 8. The van der Waals surface area contributed by atoms with Crippen molar-refractivity contribution in [2.24, 2.45) is 0 Å². The van der Waals surface area contributed by atoms with E-state index >= 15 is 0 Å². The third-order valence-corrected chi connectivity index (χ3v) is 5.25. The number of hydrogen-bond acceptors (Lipinski definition) is 6. The Bertz CT molecular complexity index is 967. The number of thioether (sulfide) groups is 1. The van der Waals surface area contributed by atoms with Gasteiger partial charge in [-0.2, -0.15) is 0 Å². The topological polar surface area (TPSA) is 86.3 Å². The fraction of sp³-hybridized carbons (Fsp3) is 0.250. The number of halogens is 1. The second-order valence-corrected chi connectivity index (χ2v) is 7.47. The number of anilines is 1. The average Bonchev–Trinajstić information content (AvgIpc) is 3.08. The Kier molecular flexibility index (Phi) is 6.71. The van der Waals surface area contributed by atoms with E-state index in [0.29, 0.717) is 17.5 Å². The van der Waals surface area contributed by atoms with Gasteiger partial charge in [0.2, 0.25) is 11.1 Å². The molecular weight excluding hydrogens is 393 g/mol. The molecule has 3 rings (SSSR count). The van der Waals surface area contributed by atoms with Crippen molar-refractivity contribution >= 4 is 23.4 Å². The van der Waals surface area contributed by atoms with Gasteiger partial charge in [0.1, 0.15) is 6.61 Å². The molecule has 2 aromatic carbocycles. The van der Waals surface area contributed by atoms with Gasteiger partial charge in [-0.25, -0.2) is 9.07 Å². The van der Waals surface area contributed by atoms with E-state index in [9.17, 15) is 9.18 Å². The van der Waals surface area contributed by atoms with Gasteiger partial charge in [0, 0.05) is 12.2 Å². The van der Waals surface area contributed by atoms with Crippen LogP contribution in [0, 0.1) is 5.82 Å². The molecule has 0 bridgehead atoms. The van der Waals surface area contributed by atoms with Crippen molar-refractivity contribution in [3.63, 3.8) is 0 Å². The van der Waals surface area contributed by atoms with Crippen LogP contribution in [0.15, 0.2) is 59.8 Å².